The maximum atomic E-state index is 12.2. The third-order valence-corrected chi connectivity index (χ3v) is 3.57. The molecule has 0 aliphatic heterocycles. The standard InChI is InChI=1S/C14H18O4P/c1-4-10-16-19(15,17-11-5-2)18-12-14-9-7-6-8-13(14)3/h4-9H,1-3,10-12H2. The van der Waals surface area contributed by atoms with Gasteiger partial charge >= 0.3 is 7.82 Å². The highest BCUT2D eigenvalue weighted by atomic mass is 31.2. The van der Waals surface area contributed by atoms with E-state index < -0.39 is 7.82 Å². The molecule has 1 aromatic rings. The fraction of sp³-hybridized carbons (Fsp3) is 0.214. The highest BCUT2D eigenvalue weighted by molar-refractivity contribution is 7.48. The zero-order valence-electron chi connectivity index (χ0n) is 10.8. The van der Waals surface area contributed by atoms with Crippen LogP contribution in [-0.4, -0.2) is 13.2 Å². The van der Waals surface area contributed by atoms with Crippen molar-refractivity contribution in [3.05, 3.63) is 67.6 Å². The molecule has 0 atom stereocenters. The van der Waals surface area contributed by atoms with E-state index in [1.165, 1.54) is 12.2 Å². The summed E-state index contributed by atoms with van der Waals surface area (Å²) in [6.45, 7) is 11.1. The van der Waals surface area contributed by atoms with Gasteiger partial charge in [-0.2, -0.15) is 0 Å². The van der Waals surface area contributed by atoms with Gasteiger partial charge in [0.05, 0.1) is 19.8 Å². The Bertz CT molecular complexity index is 454. The molecule has 1 radical (unpaired) electrons. The molecule has 0 amide bonds. The van der Waals surface area contributed by atoms with Crippen LogP contribution in [-0.2, 0) is 24.7 Å². The van der Waals surface area contributed by atoms with Crippen LogP contribution in [0.1, 0.15) is 11.1 Å². The second-order valence-corrected chi connectivity index (χ2v) is 5.33. The van der Waals surface area contributed by atoms with Gasteiger partial charge in [0.25, 0.3) is 0 Å². The van der Waals surface area contributed by atoms with E-state index in [0.29, 0.717) is 0 Å². The fourth-order valence-corrected chi connectivity index (χ4v) is 2.34. The third kappa shape index (κ3) is 5.53. The molecule has 1 aromatic carbocycles. The molecule has 0 aromatic heterocycles. The van der Waals surface area contributed by atoms with Crippen LogP contribution in [0.3, 0.4) is 0 Å². The molecule has 0 saturated carbocycles. The summed E-state index contributed by atoms with van der Waals surface area (Å²) < 4.78 is 27.6. The SMILES string of the molecule is [CH2]c1ccccc1COP(=O)(OCC=C)OCC=C. The number of benzene rings is 1. The first kappa shape index (κ1) is 15.9. The van der Waals surface area contributed by atoms with Gasteiger partial charge in [0.1, 0.15) is 0 Å². The normalized spacial score (nSPS) is 11.2. The van der Waals surface area contributed by atoms with Crippen molar-refractivity contribution in [2.24, 2.45) is 0 Å². The van der Waals surface area contributed by atoms with E-state index in [1.54, 1.807) is 0 Å². The predicted octanol–water partition coefficient (Wildman–Crippen LogP) is 3.90. The Morgan fingerprint density at radius 3 is 2.16 bits per heavy atom. The van der Waals surface area contributed by atoms with Crippen molar-refractivity contribution in [3.63, 3.8) is 0 Å². The van der Waals surface area contributed by atoms with Crippen LogP contribution in [0.2, 0.25) is 0 Å². The molecule has 0 fully saturated rings. The van der Waals surface area contributed by atoms with Gasteiger partial charge in [-0.1, -0.05) is 36.4 Å². The molecule has 0 bridgehead atoms. The average molecular weight is 281 g/mol. The Labute approximate surface area is 114 Å². The number of hydrogen-bond donors (Lipinski definition) is 0. The Morgan fingerprint density at radius 2 is 1.63 bits per heavy atom. The minimum absolute atomic E-state index is 0.0838. The van der Waals surface area contributed by atoms with Crippen LogP contribution in [0.4, 0.5) is 0 Å². The summed E-state index contributed by atoms with van der Waals surface area (Å²) >= 11 is 0. The molecule has 0 aliphatic rings. The van der Waals surface area contributed by atoms with Gasteiger partial charge < -0.3 is 0 Å². The molecule has 103 valence electrons. The largest absolute Gasteiger partial charge is 0.475 e. The quantitative estimate of drug-likeness (QED) is 0.508. The summed E-state index contributed by atoms with van der Waals surface area (Å²) in [7, 11) is -3.61. The summed E-state index contributed by atoms with van der Waals surface area (Å²) in [6.07, 6.45) is 2.95. The van der Waals surface area contributed by atoms with Gasteiger partial charge in [-0.05, 0) is 18.1 Å². The van der Waals surface area contributed by atoms with Gasteiger partial charge in [0, 0.05) is 0 Å². The maximum absolute atomic E-state index is 12.2. The van der Waals surface area contributed by atoms with Crippen molar-refractivity contribution < 1.29 is 18.1 Å². The van der Waals surface area contributed by atoms with Gasteiger partial charge in [0.2, 0.25) is 0 Å². The van der Waals surface area contributed by atoms with Crippen molar-refractivity contribution in [1.82, 2.24) is 0 Å². The van der Waals surface area contributed by atoms with Gasteiger partial charge in [-0.15, -0.1) is 13.2 Å². The molecule has 0 unspecified atom stereocenters. The van der Waals surface area contributed by atoms with E-state index >= 15 is 0 Å². The summed E-state index contributed by atoms with van der Waals surface area (Å²) in [6, 6.07) is 7.41. The molecular formula is C14H18O4P. The zero-order chi connectivity index (χ0) is 14.1. The lowest BCUT2D eigenvalue weighted by Crippen LogP contribution is -2.02. The van der Waals surface area contributed by atoms with Crippen LogP contribution in [0.25, 0.3) is 0 Å². The first-order valence-corrected chi connectivity index (χ1v) is 7.22. The molecule has 5 heteroatoms. The summed E-state index contributed by atoms with van der Waals surface area (Å²) in [4.78, 5) is 0. The highest BCUT2D eigenvalue weighted by Crippen LogP contribution is 2.50. The van der Waals surface area contributed by atoms with E-state index in [-0.39, 0.29) is 19.8 Å². The molecule has 19 heavy (non-hydrogen) atoms. The molecule has 0 spiro atoms. The van der Waals surface area contributed by atoms with Crippen LogP contribution >= 0.6 is 7.82 Å². The predicted molar refractivity (Wildman–Crippen MR) is 75.6 cm³/mol. The first-order chi connectivity index (χ1) is 9.11. The lowest BCUT2D eigenvalue weighted by atomic mass is 10.1. The Kier molecular flexibility index (Phi) is 6.74. The second-order valence-electron chi connectivity index (χ2n) is 3.66. The van der Waals surface area contributed by atoms with Crippen molar-refractivity contribution >= 4 is 7.82 Å². The molecule has 4 nitrogen and oxygen atoms in total. The summed E-state index contributed by atoms with van der Waals surface area (Å²) in [5.74, 6) is 0. The van der Waals surface area contributed by atoms with E-state index in [2.05, 4.69) is 20.1 Å². The topological polar surface area (TPSA) is 44.8 Å². The lowest BCUT2D eigenvalue weighted by Gasteiger charge is -2.17. The molecule has 0 aliphatic carbocycles. The monoisotopic (exact) mass is 281 g/mol. The van der Waals surface area contributed by atoms with Crippen molar-refractivity contribution in [2.75, 3.05) is 13.2 Å². The second kappa shape index (κ2) is 8.08. The Morgan fingerprint density at radius 1 is 1.05 bits per heavy atom. The number of phosphoric ester groups is 1. The first-order valence-electron chi connectivity index (χ1n) is 5.76. The number of hydrogen-bond acceptors (Lipinski definition) is 4. The highest BCUT2D eigenvalue weighted by Gasteiger charge is 2.25. The van der Waals surface area contributed by atoms with Crippen molar-refractivity contribution in [1.29, 1.82) is 0 Å². The van der Waals surface area contributed by atoms with Crippen LogP contribution < -0.4 is 0 Å². The van der Waals surface area contributed by atoms with Crippen molar-refractivity contribution in [2.45, 2.75) is 6.61 Å². The van der Waals surface area contributed by atoms with Crippen LogP contribution in [0.5, 0.6) is 0 Å². The Hall–Kier alpha value is -1.19. The summed E-state index contributed by atoms with van der Waals surface area (Å²) in [5.41, 5.74) is 1.63. The third-order valence-electron chi connectivity index (χ3n) is 2.20. The molecule has 0 N–H and O–H groups in total. The van der Waals surface area contributed by atoms with Gasteiger partial charge in [0.15, 0.2) is 0 Å². The fourth-order valence-electron chi connectivity index (χ4n) is 1.25. The zero-order valence-corrected chi connectivity index (χ0v) is 11.7. The smallest absolute Gasteiger partial charge is 0.283 e. The van der Waals surface area contributed by atoms with E-state index in [1.807, 2.05) is 24.3 Å². The summed E-state index contributed by atoms with van der Waals surface area (Å²) in [5, 5.41) is 0. The Balaban J connectivity index is 2.67. The van der Waals surface area contributed by atoms with E-state index in [9.17, 15) is 4.57 Å². The van der Waals surface area contributed by atoms with Crippen molar-refractivity contribution in [3.8, 4) is 0 Å². The molecule has 0 saturated heterocycles. The number of phosphoric acid groups is 1. The van der Waals surface area contributed by atoms with Crippen LogP contribution in [0.15, 0.2) is 49.6 Å². The van der Waals surface area contributed by atoms with E-state index in [0.717, 1.165) is 11.1 Å². The maximum Gasteiger partial charge on any atom is 0.475 e. The minimum atomic E-state index is -3.61. The molecule has 1 rings (SSSR count). The minimum Gasteiger partial charge on any atom is -0.283 e. The lowest BCUT2D eigenvalue weighted by molar-refractivity contribution is 0.125. The molecule has 0 heterocycles. The molecular weight excluding hydrogens is 263 g/mol. The van der Waals surface area contributed by atoms with Gasteiger partial charge in [-0.3, -0.25) is 13.6 Å². The van der Waals surface area contributed by atoms with Gasteiger partial charge in [-0.25, -0.2) is 4.57 Å². The number of rotatable bonds is 9. The van der Waals surface area contributed by atoms with E-state index in [4.69, 9.17) is 13.6 Å². The van der Waals surface area contributed by atoms with Crippen LogP contribution in [0, 0.1) is 6.92 Å². The average Bonchev–Trinajstić information content (AvgIpc) is 2.42.